The van der Waals surface area contributed by atoms with Crippen LogP contribution in [-0.4, -0.2) is 30.2 Å². The van der Waals surface area contributed by atoms with Crippen molar-refractivity contribution >= 4 is 11.6 Å². The van der Waals surface area contributed by atoms with Gasteiger partial charge in [0.25, 0.3) is 5.91 Å². The molecule has 1 aliphatic heterocycles. The fraction of sp³-hybridized carbons (Fsp3) is 0.500. The standard InChI is InChI=1S/C14H20N2O2/c1-9(2)13(8-17)16-14(18)11-4-3-10-5-6-15-12(10)7-11/h3-4,7,9,13,15,17H,5-6,8H2,1-2H3,(H,16,18)/t13-/m1/s1. The van der Waals surface area contributed by atoms with Gasteiger partial charge in [-0.3, -0.25) is 4.79 Å². The molecule has 0 spiro atoms. The third kappa shape index (κ3) is 2.64. The lowest BCUT2D eigenvalue weighted by Crippen LogP contribution is -2.41. The number of benzene rings is 1. The highest BCUT2D eigenvalue weighted by atomic mass is 16.3. The molecule has 4 nitrogen and oxygen atoms in total. The number of anilines is 1. The highest BCUT2D eigenvalue weighted by Gasteiger charge is 2.18. The number of aliphatic hydroxyl groups is 1. The van der Waals surface area contributed by atoms with E-state index in [-0.39, 0.29) is 24.5 Å². The number of hydrogen-bond donors (Lipinski definition) is 3. The molecule has 0 saturated heterocycles. The molecule has 4 heteroatoms. The van der Waals surface area contributed by atoms with Crippen LogP contribution >= 0.6 is 0 Å². The third-order valence-electron chi connectivity index (χ3n) is 3.40. The number of hydrogen-bond acceptors (Lipinski definition) is 3. The fourth-order valence-electron chi connectivity index (χ4n) is 2.11. The molecule has 1 aromatic carbocycles. The van der Waals surface area contributed by atoms with E-state index in [1.807, 2.05) is 32.0 Å². The second kappa shape index (κ2) is 5.40. The summed E-state index contributed by atoms with van der Waals surface area (Å²) in [6.07, 6.45) is 1.02. The molecule has 0 radical (unpaired) electrons. The Morgan fingerprint density at radius 1 is 1.50 bits per heavy atom. The topological polar surface area (TPSA) is 61.4 Å². The molecular weight excluding hydrogens is 228 g/mol. The summed E-state index contributed by atoms with van der Waals surface area (Å²) < 4.78 is 0. The normalized spacial score (nSPS) is 15.1. The van der Waals surface area contributed by atoms with Gasteiger partial charge in [0.1, 0.15) is 0 Å². The summed E-state index contributed by atoms with van der Waals surface area (Å²) in [7, 11) is 0. The summed E-state index contributed by atoms with van der Waals surface area (Å²) in [6.45, 7) is 4.86. The summed E-state index contributed by atoms with van der Waals surface area (Å²) in [5, 5.41) is 15.3. The molecule has 1 amide bonds. The van der Waals surface area contributed by atoms with Crippen LogP contribution in [0, 0.1) is 5.92 Å². The monoisotopic (exact) mass is 248 g/mol. The van der Waals surface area contributed by atoms with Crippen molar-refractivity contribution in [2.45, 2.75) is 26.3 Å². The van der Waals surface area contributed by atoms with E-state index < -0.39 is 0 Å². The maximum atomic E-state index is 12.1. The molecule has 0 saturated carbocycles. The van der Waals surface area contributed by atoms with E-state index in [0.717, 1.165) is 18.7 Å². The van der Waals surface area contributed by atoms with Crippen LogP contribution in [0.1, 0.15) is 29.8 Å². The predicted molar refractivity (Wildman–Crippen MR) is 71.8 cm³/mol. The van der Waals surface area contributed by atoms with Crippen LogP contribution in [0.4, 0.5) is 5.69 Å². The first kappa shape index (κ1) is 12.9. The van der Waals surface area contributed by atoms with Crippen molar-refractivity contribution in [1.29, 1.82) is 0 Å². The number of carbonyl (C=O) groups excluding carboxylic acids is 1. The van der Waals surface area contributed by atoms with Crippen molar-refractivity contribution in [2.24, 2.45) is 5.92 Å². The molecule has 98 valence electrons. The zero-order valence-electron chi connectivity index (χ0n) is 10.9. The molecule has 0 unspecified atom stereocenters. The van der Waals surface area contributed by atoms with Gasteiger partial charge in [-0.2, -0.15) is 0 Å². The zero-order valence-corrected chi connectivity index (χ0v) is 10.9. The van der Waals surface area contributed by atoms with Crippen LogP contribution in [0.15, 0.2) is 18.2 Å². The van der Waals surface area contributed by atoms with E-state index in [0.29, 0.717) is 5.56 Å². The van der Waals surface area contributed by atoms with Gasteiger partial charge < -0.3 is 15.7 Å². The van der Waals surface area contributed by atoms with E-state index in [9.17, 15) is 9.90 Å². The maximum Gasteiger partial charge on any atom is 0.251 e. The van der Waals surface area contributed by atoms with E-state index in [4.69, 9.17) is 0 Å². The predicted octanol–water partition coefficient (Wildman–Crippen LogP) is 1.40. The molecule has 0 aliphatic carbocycles. The Kier molecular flexibility index (Phi) is 3.87. The summed E-state index contributed by atoms with van der Waals surface area (Å²) in [4.78, 5) is 12.1. The largest absolute Gasteiger partial charge is 0.394 e. The minimum absolute atomic E-state index is 0.0351. The average Bonchev–Trinajstić information content (AvgIpc) is 2.82. The summed E-state index contributed by atoms with van der Waals surface area (Å²) in [5.74, 6) is 0.0887. The van der Waals surface area contributed by atoms with Gasteiger partial charge in [0.15, 0.2) is 0 Å². The lowest BCUT2D eigenvalue weighted by atomic mass is 10.0. The van der Waals surface area contributed by atoms with E-state index in [2.05, 4.69) is 10.6 Å². The average molecular weight is 248 g/mol. The number of fused-ring (bicyclic) bond motifs is 1. The van der Waals surface area contributed by atoms with Gasteiger partial charge in [-0.05, 0) is 30.0 Å². The van der Waals surface area contributed by atoms with Crippen molar-refractivity contribution in [2.75, 3.05) is 18.5 Å². The van der Waals surface area contributed by atoms with E-state index >= 15 is 0 Å². The van der Waals surface area contributed by atoms with Crippen LogP contribution in [0.2, 0.25) is 0 Å². The van der Waals surface area contributed by atoms with Gasteiger partial charge in [-0.15, -0.1) is 0 Å². The fourth-order valence-corrected chi connectivity index (χ4v) is 2.11. The van der Waals surface area contributed by atoms with Crippen molar-refractivity contribution in [3.63, 3.8) is 0 Å². The minimum Gasteiger partial charge on any atom is -0.394 e. The highest BCUT2D eigenvalue weighted by molar-refractivity contribution is 5.95. The maximum absolute atomic E-state index is 12.1. The first-order valence-electron chi connectivity index (χ1n) is 6.40. The molecule has 18 heavy (non-hydrogen) atoms. The molecular formula is C14H20N2O2. The Morgan fingerprint density at radius 2 is 2.28 bits per heavy atom. The lowest BCUT2D eigenvalue weighted by Gasteiger charge is -2.20. The first-order chi connectivity index (χ1) is 8.61. The smallest absolute Gasteiger partial charge is 0.251 e. The second-order valence-electron chi connectivity index (χ2n) is 5.06. The van der Waals surface area contributed by atoms with E-state index in [1.165, 1.54) is 5.56 Å². The van der Waals surface area contributed by atoms with Crippen molar-refractivity contribution in [1.82, 2.24) is 5.32 Å². The van der Waals surface area contributed by atoms with Gasteiger partial charge in [0, 0.05) is 17.8 Å². The molecule has 1 heterocycles. The third-order valence-corrected chi connectivity index (χ3v) is 3.40. The van der Waals surface area contributed by atoms with Crippen molar-refractivity contribution in [3.05, 3.63) is 29.3 Å². The van der Waals surface area contributed by atoms with Crippen molar-refractivity contribution in [3.8, 4) is 0 Å². The molecule has 0 fully saturated rings. The Balaban J connectivity index is 2.09. The SMILES string of the molecule is CC(C)[C@@H](CO)NC(=O)c1ccc2c(c1)NCC2. The van der Waals surface area contributed by atoms with Gasteiger partial charge in [-0.25, -0.2) is 0 Å². The second-order valence-corrected chi connectivity index (χ2v) is 5.06. The molecule has 1 aromatic rings. The Hall–Kier alpha value is -1.55. The number of amides is 1. The summed E-state index contributed by atoms with van der Waals surface area (Å²) in [5.41, 5.74) is 2.95. The van der Waals surface area contributed by atoms with Crippen LogP contribution < -0.4 is 10.6 Å². The number of carbonyl (C=O) groups is 1. The molecule has 2 rings (SSSR count). The molecule has 1 aliphatic rings. The quantitative estimate of drug-likeness (QED) is 0.755. The highest BCUT2D eigenvalue weighted by Crippen LogP contribution is 2.23. The number of nitrogens with one attached hydrogen (secondary N) is 2. The van der Waals surface area contributed by atoms with Gasteiger partial charge >= 0.3 is 0 Å². The van der Waals surface area contributed by atoms with Crippen molar-refractivity contribution < 1.29 is 9.90 Å². The van der Waals surface area contributed by atoms with Crippen LogP contribution in [-0.2, 0) is 6.42 Å². The number of rotatable bonds is 4. The first-order valence-corrected chi connectivity index (χ1v) is 6.40. The minimum atomic E-state index is -0.196. The van der Waals surface area contributed by atoms with Gasteiger partial charge in [0.2, 0.25) is 0 Å². The Labute approximate surface area is 107 Å². The van der Waals surface area contributed by atoms with Gasteiger partial charge in [-0.1, -0.05) is 19.9 Å². The van der Waals surface area contributed by atoms with Crippen LogP contribution in [0.25, 0.3) is 0 Å². The summed E-state index contributed by atoms with van der Waals surface area (Å²) in [6, 6.07) is 5.52. The lowest BCUT2D eigenvalue weighted by molar-refractivity contribution is 0.0897. The molecule has 3 N–H and O–H groups in total. The van der Waals surface area contributed by atoms with E-state index in [1.54, 1.807) is 0 Å². The van der Waals surface area contributed by atoms with Crippen LogP contribution in [0.5, 0.6) is 0 Å². The van der Waals surface area contributed by atoms with Gasteiger partial charge in [0.05, 0.1) is 12.6 Å². The molecule has 1 atom stereocenters. The zero-order chi connectivity index (χ0) is 13.1. The number of aliphatic hydroxyl groups excluding tert-OH is 1. The molecule has 0 aromatic heterocycles. The van der Waals surface area contributed by atoms with Crippen LogP contribution in [0.3, 0.4) is 0 Å². The summed E-state index contributed by atoms with van der Waals surface area (Å²) >= 11 is 0. The molecule has 0 bridgehead atoms. The Morgan fingerprint density at radius 3 is 2.94 bits per heavy atom. The Bertz CT molecular complexity index is 443.